The van der Waals surface area contributed by atoms with E-state index >= 15 is 0 Å². The summed E-state index contributed by atoms with van der Waals surface area (Å²) < 4.78 is 0. The van der Waals surface area contributed by atoms with Crippen LogP contribution in [-0.2, 0) is 6.42 Å². The zero-order valence-corrected chi connectivity index (χ0v) is 12.6. The van der Waals surface area contributed by atoms with Crippen molar-refractivity contribution in [2.24, 2.45) is 0 Å². The van der Waals surface area contributed by atoms with Crippen molar-refractivity contribution in [1.29, 1.82) is 0 Å². The number of H-pyrrole nitrogens is 1. The lowest BCUT2D eigenvalue weighted by Gasteiger charge is -2.04. The van der Waals surface area contributed by atoms with Gasteiger partial charge in [-0.1, -0.05) is 31.5 Å². The minimum atomic E-state index is 0.00329. The van der Waals surface area contributed by atoms with E-state index in [2.05, 4.69) is 11.9 Å². The molecule has 3 heteroatoms. The summed E-state index contributed by atoms with van der Waals surface area (Å²) in [6.45, 7) is 2.14. The Hall–Kier alpha value is -2.55. The Morgan fingerprint density at radius 1 is 1.09 bits per heavy atom. The van der Waals surface area contributed by atoms with Crippen molar-refractivity contribution in [2.75, 3.05) is 0 Å². The fourth-order valence-electron chi connectivity index (χ4n) is 2.76. The van der Waals surface area contributed by atoms with Gasteiger partial charge in [-0.05, 0) is 43.2 Å². The number of aromatic nitrogens is 1. The molecule has 0 saturated carbocycles. The van der Waals surface area contributed by atoms with Crippen LogP contribution in [0.1, 0.15) is 41.4 Å². The second-order valence-electron chi connectivity index (χ2n) is 5.50. The third kappa shape index (κ3) is 2.62. The monoisotopic (exact) mass is 293 g/mol. The second kappa shape index (κ2) is 6.06. The van der Waals surface area contributed by atoms with Crippen molar-refractivity contribution in [2.45, 2.75) is 26.2 Å². The van der Waals surface area contributed by atoms with Crippen LogP contribution in [0.2, 0.25) is 0 Å². The third-order valence-corrected chi connectivity index (χ3v) is 3.92. The van der Waals surface area contributed by atoms with Crippen molar-refractivity contribution >= 4 is 16.7 Å². The smallest absolute Gasteiger partial charge is 0.195 e. The lowest BCUT2D eigenvalue weighted by atomic mass is 9.98. The van der Waals surface area contributed by atoms with Gasteiger partial charge >= 0.3 is 0 Å². The average Bonchev–Trinajstić information content (AvgIpc) is 2.91. The number of benzene rings is 2. The Morgan fingerprint density at radius 3 is 2.55 bits per heavy atom. The summed E-state index contributed by atoms with van der Waals surface area (Å²) in [5, 5.41) is 10.4. The lowest BCUT2D eigenvalue weighted by Crippen LogP contribution is -2.04. The fraction of sp³-hybridized carbons (Fsp3) is 0.211. The molecular weight excluding hydrogens is 274 g/mol. The molecule has 3 rings (SSSR count). The number of unbranched alkanes of at least 4 members (excludes halogenated alkanes) is 1. The molecule has 1 aromatic heterocycles. The predicted octanol–water partition coefficient (Wildman–Crippen LogP) is 4.45. The number of ketones is 1. The summed E-state index contributed by atoms with van der Waals surface area (Å²) in [6.07, 6.45) is 3.00. The first kappa shape index (κ1) is 14.4. The zero-order valence-electron chi connectivity index (χ0n) is 12.6. The van der Waals surface area contributed by atoms with E-state index in [-0.39, 0.29) is 11.5 Å². The van der Waals surface area contributed by atoms with Gasteiger partial charge in [0.15, 0.2) is 5.78 Å². The quantitative estimate of drug-likeness (QED) is 0.683. The first-order chi connectivity index (χ1) is 10.7. The van der Waals surface area contributed by atoms with Gasteiger partial charge in [-0.3, -0.25) is 4.79 Å². The van der Waals surface area contributed by atoms with Crippen LogP contribution in [0.3, 0.4) is 0 Å². The predicted molar refractivity (Wildman–Crippen MR) is 88.5 cm³/mol. The van der Waals surface area contributed by atoms with Crippen LogP contribution in [-0.4, -0.2) is 15.9 Å². The number of phenolic OH excluding ortho intramolecular Hbond substituents is 1. The molecule has 0 aliphatic heterocycles. The third-order valence-electron chi connectivity index (χ3n) is 3.92. The van der Waals surface area contributed by atoms with Crippen LogP contribution in [0.15, 0.2) is 48.5 Å². The number of phenols is 1. The number of aromatic amines is 1. The van der Waals surface area contributed by atoms with E-state index in [1.54, 1.807) is 24.3 Å². The number of aryl methyl sites for hydroxylation is 1. The topological polar surface area (TPSA) is 53.1 Å². The zero-order chi connectivity index (χ0) is 15.5. The molecule has 3 aromatic rings. The van der Waals surface area contributed by atoms with Crippen molar-refractivity contribution < 1.29 is 9.90 Å². The summed E-state index contributed by atoms with van der Waals surface area (Å²) in [7, 11) is 0. The Balaban J connectivity index is 2.10. The molecule has 0 spiro atoms. The number of carbonyl (C=O) groups is 1. The molecule has 0 amide bonds. The van der Waals surface area contributed by atoms with Crippen molar-refractivity contribution in [3.05, 3.63) is 65.4 Å². The summed E-state index contributed by atoms with van der Waals surface area (Å²) in [5.41, 5.74) is 3.35. The Morgan fingerprint density at radius 2 is 1.82 bits per heavy atom. The molecule has 1 heterocycles. The van der Waals surface area contributed by atoms with Crippen molar-refractivity contribution in [3.8, 4) is 5.75 Å². The second-order valence-corrected chi connectivity index (χ2v) is 5.50. The van der Waals surface area contributed by atoms with Gasteiger partial charge in [-0.15, -0.1) is 0 Å². The summed E-state index contributed by atoms with van der Waals surface area (Å²) in [4.78, 5) is 16.3. The van der Waals surface area contributed by atoms with Crippen LogP contribution >= 0.6 is 0 Å². The largest absolute Gasteiger partial charge is 0.508 e. The molecular formula is C19H19NO2. The van der Waals surface area contributed by atoms with Gasteiger partial charge in [0.25, 0.3) is 0 Å². The minimum Gasteiger partial charge on any atom is -0.508 e. The van der Waals surface area contributed by atoms with Gasteiger partial charge in [0.2, 0.25) is 0 Å². The number of hydrogen-bond acceptors (Lipinski definition) is 2. The maximum absolute atomic E-state index is 12.9. The summed E-state index contributed by atoms with van der Waals surface area (Å²) >= 11 is 0. The van der Waals surface area contributed by atoms with Crippen LogP contribution in [0.5, 0.6) is 5.75 Å². The normalized spacial score (nSPS) is 11.0. The van der Waals surface area contributed by atoms with E-state index < -0.39 is 0 Å². The highest BCUT2D eigenvalue weighted by molar-refractivity contribution is 6.17. The standard InChI is InChI=1S/C19H19NO2/c1-2-3-7-17-18(15-6-4-5-8-16(15)20-17)19(22)13-9-11-14(21)12-10-13/h4-6,8-12,20-21H,2-3,7H2,1H3. The van der Waals surface area contributed by atoms with Gasteiger partial charge in [0.1, 0.15) is 5.75 Å². The van der Waals surface area contributed by atoms with E-state index in [4.69, 9.17) is 0 Å². The summed E-state index contributed by atoms with van der Waals surface area (Å²) in [5.74, 6) is 0.172. The highest BCUT2D eigenvalue weighted by Gasteiger charge is 2.19. The molecule has 0 unspecified atom stereocenters. The van der Waals surface area contributed by atoms with Gasteiger partial charge in [0, 0.05) is 22.2 Å². The molecule has 2 N–H and O–H groups in total. The Bertz CT molecular complexity index is 800. The highest BCUT2D eigenvalue weighted by Crippen LogP contribution is 2.26. The van der Waals surface area contributed by atoms with Crippen LogP contribution in [0, 0.1) is 0 Å². The van der Waals surface area contributed by atoms with E-state index in [1.165, 1.54) is 0 Å². The molecule has 2 aromatic carbocycles. The minimum absolute atomic E-state index is 0.00329. The number of fused-ring (bicyclic) bond motifs is 1. The molecule has 22 heavy (non-hydrogen) atoms. The SMILES string of the molecule is CCCCc1[nH]c2ccccc2c1C(=O)c1ccc(O)cc1. The molecule has 0 aliphatic carbocycles. The molecule has 0 saturated heterocycles. The maximum atomic E-state index is 12.9. The van der Waals surface area contributed by atoms with E-state index in [1.807, 2.05) is 24.3 Å². The van der Waals surface area contributed by atoms with E-state index in [0.29, 0.717) is 5.56 Å². The molecule has 3 nitrogen and oxygen atoms in total. The number of hydrogen-bond donors (Lipinski definition) is 2. The van der Waals surface area contributed by atoms with Crippen LogP contribution in [0.25, 0.3) is 10.9 Å². The molecule has 0 atom stereocenters. The molecule has 0 radical (unpaired) electrons. The van der Waals surface area contributed by atoms with Gasteiger partial charge in [0.05, 0.1) is 5.56 Å². The average molecular weight is 293 g/mol. The number of carbonyl (C=O) groups excluding carboxylic acids is 1. The first-order valence-corrected chi connectivity index (χ1v) is 7.64. The maximum Gasteiger partial charge on any atom is 0.195 e. The molecule has 0 fully saturated rings. The van der Waals surface area contributed by atoms with Crippen molar-refractivity contribution in [1.82, 2.24) is 4.98 Å². The van der Waals surface area contributed by atoms with Gasteiger partial charge in [-0.2, -0.15) is 0 Å². The molecule has 0 bridgehead atoms. The van der Waals surface area contributed by atoms with Gasteiger partial charge < -0.3 is 10.1 Å². The fourth-order valence-corrected chi connectivity index (χ4v) is 2.76. The highest BCUT2D eigenvalue weighted by atomic mass is 16.3. The van der Waals surface area contributed by atoms with E-state index in [0.717, 1.165) is 41.4 Å². The molecule has 0 aliphatic rings. The summed E-state index contributed by atoms with van der Waals surface area (Å²) in [6, 6.07) is 14.3. The van der Waals surface area contributed by atoms with Crippen LogP contribution in [0.4, 0.5) is 0 Å². The number of para-hydroxylation sites is 1. The molecule has 112 valence electrons. The first-order valence-electron chi connectivity index (χ1n) is 7.64. The Labute approximate surface area is 129 Å². The lowest BCUT2D eigenvalue weighted by molar-refractivity contribution is 0.103. The Kier molecular flexibility index (Phi) is 3.96. The van der Waals surface area contributed by atoms with Crippen LogP contribution < -0.4 is 0 Å². The van der Waals surface area contributed by atoms with E-state index in [9.17, 15) is 9.90 Å². The van der Waals surface area contributed by atoms with Gasteiger partial charge in [-0.25, -0.2) is 0 Å². The number of aromatic hydroxyl groups is 1. The number of nitrogens with one attached hydrogen (secondary N) is 1. The number of rotatable bonds is 5. The van der Waals surface area contributed by atoms with Crippen molar-refractivity contribution in [3.63, 3.8) is 0 Å².